The van der Waals surface area contributed by atoms with Crippen LogP contribution in [-0.2, 0) is 0 Å². The van der Waals surface area contributed by atoms with Crippen LogP contribution in [0.2, 0.25) is 5.02 Å². The summed E-state index contributed by atoms with van der Waals surface area (Å²) in [5.41, 5.74) is 6.72. The summed E-state index contributed by atoms with van der Waals surface area (Å²) in [6.07, 6.45) is 4.75. The van der Waals surface area contributed by atoms with Crippen LogP contribution in [0.4, 0.5) is 5.69 Å². The molecule has 17 heavy (non-hydrogen) atoms. The van der Waals surface area contributed by atoms with E-state index < -0.39 is 0 Å². The second-order valence-corrected chi connectivity index (χ2v) is 4.51. The first-order chi connectivity index (χ1) is 8.22. The minimum Gasteiger partial charge on any atom is -0.397 e. The molecule has 0 atom stereocenters. The molecule has 0 fully saturated rings. The van der Waals surface area contributed by atoms with Crippen molar-refractivity contribution < 1.29 is 0 Å². The molecule has 84 valence electrons. The molecule has 2 heterocycles. The Hall–Kier alpha value is -1.77. The Morgan fingerprint density at radius 3 is 2.88 bits per heavy atom. The van der Waals surface area contributed by atoms with Gasteiger partial charge in [0.2, 0.25) is 0 Å². The summed E-state index contributed by atoms with van der Waals surface area (Å²) < 4.78 is 0. The maximum Gasteiger partial charge on any atom is 0.121 e. The molecule has 0 bridgehead atoms. The average molecular weight is 263 g/mol. The van der Waals surface area contributed by atoms with Crippen molar-refractivity contribution in [3.63, 3.8) is 0 Å². The van der Waals surface area contributed by atoms with Crippen molar-refractivity contribution in [3.8, 4) is 6.07 Å². The fourth-order valence-electron chi connectivity index (χ4n) is 1.17. The van der Waals surface area contributed by atoms with Gasteiger partial charge in [0.05, 0.1) is 22.5 Å². The fraction of sp³-hybridized carbons (Fsp3) is 0. The second kappa shape index (κ2) is 5.04. The molecule has 4 nitrogen and oxygen atoms in total. The van der Waals surface area contributed by atoms with Crippen LogP contribution in [0, 0.1) is 11.3 Å². The summed E-state index contributed by atoms with van der Waals surface area (Å²) in [6, 6.07) is 5.35. The summed E-state index contributed by atoms with van der Waals surface area (Å²) in [5.74, 6) is 0. The smallest absolute Gasteiger partial charge is 0.121 e. The van der Waals surface area contributed by atoms with E-state index in [1.807, 2.05) is 6.07 Å². The van der Waals surface area contributed by atoms with Crippen molar-refractivity contribution in [2.75, 3.05) is 5.73 Å². The monoisotopic (exact) mass is 262 g/mol. The van der Waals surface area contributed by atoms with Gasteiger partial charge in [-0.05, 0) is 12.1 Å². The number of hydrogen-bond donors (Lipinski definition) is 1. The third-order valence-electron chi connectivity index (χ3n) is 1.99. The molecule has 0 aliphatic carbocycles. The van der Waals surface area contributed by atoms with Gasteiger partial charge in [0.25, 0.3) is 0 Å². The molecule has 0 unspecified atom stereocenters. The molecule has 0 aromatic carbocycles. The highest BCUT2D eigenvalue weighted by atomic mass is 35.5. The minimum atomic E-state index is 0.344. The van der Waals surface area contributed by atoms with Gasteiger partial charge in [-0.3, -0.25) is 4.98 Å². The van der Waals surface area contributed by atoms with E-state index in [9.17, 15) is 0 Å². The van der Waals surface area contributed by atoms with Crippen LogP contribution >= 0.6 is 23.4 Å². The maximum absolute atomic E-state index is 8.86. The van der Waals surface area contributed by atoms with Crippen molar-refractivity contribution in [1.82, 2.24) is 9.97 Å². The van der Waals surface area contributed by atoms with Crippen LogP contribution in [0.5, 0.6) is 0 Å². The quantitative estimate of drug-likeness (QED) is 0.901. The van der Waals surface area contributed by atoms with E-state index in [0.29, 0.717) is 21.3 Å². The van der Waals surface area contributed by atoms with Gasteiger partial charge in [-0.2, -0.15) is 5.26 Å². The molecule has 2 aromatic heterocycles. The number of halogens is 1. The van der Waals surface area contributed by atoms with Gasteiger partial charge in [0.1, 0.15) is 11.1 Å². The molecule has 0 saturated heterocycles. The molecule has 2 N–H and O–H groups in total. The van der Waals surface area contributed by atoms with Gasteiger partial charge in [-0.1, -0.05) is 23.4 Å². The molecule has 0 aliphatic heterocycles. The number of nitrogen functional groups attached to an aromatic ring is 1. The van der Waals surface area contributed by atoms with Crippen LogP contribution < -0.4 is 5.73 Å². The van der Waals surface area contributed by atoms with E-state index in [4.69, 9.17) is 22.6 Å². The Morgan fingerprint density at radius 1 is 1.35 bits per heavy atom. The van der Waals surface area contributed by atoms with Crippen LogP contribution in [0.3, 0.4) is 0 Å². The number of aromatic nitrogens is 2. The number of anilines is 1. The highest BCUT2D eigenvalue weighted by Crippen LogP contribution is 2.35. The van der Waals surface area contributed by atoms with Crippen molar-refractivity contribution in [1.29, 1.82) is 5.26 Å². The molecular weight excluding hydrogens is 256 g/mol. The van der Waals surface area contributed by atoms with E-state index in [1.165, 1.54) is 11.8 Å². The van der Waals surface area contributed by atoms with Gasteiger partial charge in [0, 0.05) is 17.3 Å². The Kier molecular flexibility index (Phi) is 3.47. The van der Waals surface area contributed by atoms with Crippen molar-refractivity contribution in [2.45, 2.75) is 9.92 Å². The van der Waals surface area contributed by atoms with E-state index >= 15 is 0 Å². The zero-order valence-corrected chi connectivity index (χ0v) is 10.2. The molecular formula is C11H7ClN4S. The predicted molar refractivity (Wildman–Crippen MR) is 66.7 cm³/mol. The molecule has 2 rings (SSSR count). The summed E-state index contributed by atoms with van der Waals surface area (Å²) in [7, 11) is 0. The predicted octanol–water partition coefficient (Wildman–Crippen LogP) is 2.74. The molecule has 0 aliphatic rings. The van der Waals surface area contributed by atoms with E-state index in [-0.39, 0.29) is 0 Å². The number of hydrogen-bond acceptors (Lipinski definition) is 5. The lowest BCUT2D eigenvalue weighted by atomic mass is 10.3. The lowest BCUT2D eigenvalue weighted by molar-refractivity contribution is 1.12. The average Bonchev–Trinajstić information content (AvgIpc) is 2.34. The van der Waals surface area contributed by atoms with Crippen molar-refractivity contribution >= 4 is 29.1 Å². The Bertz CT molecular complexity index is 594. The molecule has 0 spiro atoms. The minimum absolute atomic E-state index is 0.344. The van der Waals surface area contributed by atoms with Crippen LogP contribution in [0.25, 0.3) is 0 Å². The summed E-state index contributed by atoms with van der Waals surface area (Å²) >= 11 is 7.36. The van der Waals surface area contributed by atoms with Gasteiger partial charge in [0.15, 0.2) is 0 Å². The number of pyridine rings is 2. The summed E-state index contributed by atoms with van der Waals surface area (Å²) in [5, 5.41) is 9.76. The summed E-state index contributed by atoms with van der Waals surface area (Å²) in [4.78, 5) is 8.84. The van der Waals surface area contributed by atoms with E-state index in [1.54, 1.807) is 30.7 Å². The first kappa shape index (κ1) is 11.7. The number of nitriles is 1. The highest BCUT2D eigenvalue weighted by Gasteiger charge is 2.10. The lowest BCUT2D eigenvalue weighted by Gasteiger charge is -2.05. The third kappa shape index (κ3) is 2.49. The van der Waals surface area contributed by atoms with Gasteiger partial charge < -0.3 is 5.73 Å². The zero-order valence-electron chi connectivity index (χ0n) is 8.59. The zero-order chi connectivity index (χ0) is 12.3. The van der Waals surface area contributed by atoms with E-state index in [2.05, 4.69) is 9.97 Å². The molecule has 0 radical (unpaired) electrons. The highest BCUT2D eigenvalue weighted by molar-refractivity contribution is 7.99. The first-order valence-corrected chi connectivity index (χ1v) is 5.83. The van der Waals surface area contributed by atoms with Gasteiger partial charge in [-0.15, -0.1) is 0 Å². The second-order valence-electron chi connectivity index (χ2n) is 3.11. The van der Waals surface area contributed by atoms with Gasteiger partial charge >= 0.3 is 0 Å². The molecule has 0 saturated carbocycles. The largest absolute Gasteiger partial charge is 0.397 e. The number of nitrogens with two attached hydrogens (primary N) is 1. The third-order valence-corrected chi connectivity index (χ3v) is 3.58. The van der Waals surface area contributed by atoms with Crippen LogP contribution in [-0.4, -0.2) is 9.97 Å². The standard InChI is InChI=1S/C11H7ClN4S/c12-10-7(5-13)1-4-16-11(10)17-9-2-3-15-6-8(9)14/h1-4,6H,14H2. The van der Waals surface area contributed by atoms with E-state index in [0.717, 1.165) is 4.90 Å². The normalized spacial score (nSPS) is 9.88. The molecule has 0 amide bonds. The fourth-order valence-corrected chi connectivity index (χ4v) is 2.26. The van der Waals surface area contributed by atoms with Crippen LogP contribution in [0.15, 0.2) is 40.6 Å². The van der Waals surface area contributed by atoms with Gasteiger partial charge in [-0.25, -0.2) is 4.98 Å². The maximum atomic E-state index is 8.86. The van der Waals surface area contributed by atoms with Crippen LogP contribution in [0.1, 0.15) is 5.56 Å². The first-order valence-electron chi connectivity index (χ1n) is 4.64. The Morgan fingerprint density at radius 2 is 2.18 bits per heavy atom. The summed E-state index contributed by atoms with van der Waals surface area (Å²) in [6.45, 7) is 0. The van der Waals surface area contributed by atoms with Crippen molar-refractivity contribution in [2.24, 2.45) is 0 Å². The Labute approximate surface area is 107 Å². The molecule has 6 heteroatoms. The van der Waals surface area contributed by atoms with Crippen molar-refractivity contribution in [3.05, 3.63) is 41.3 Å². The topological polar surface area (TPSA) is 75.6 Å². The lowest BCUT2D eigenvalue weighted by Crippen LogP contribution is -1.91. The Balaban J connectivity index is 2.38. The molecule has 2 aromatic rings. The number of rotatable bonds is 2. The SMILES string of the molecule is N#Cc1ccnc(Sc2ccncc2N)c1Cl. The number of nitrogens with zero attached hydrogens (tertiary/aromatic N) is 3.